The number of hydrogen-bond acceptors (Lipinski definition) is 3. The molecule has 5 nitrogen and oxygen atoms in total. The Kier molecular flexibility index (Phi) is 4.28. The van der Waals surface area contributed by atoms with E-state index >= 15 is 0 Å². The number of hydrogen-bond donors (Lipinski definition) is 3. The average Bonchev–Trinajstić information content (AvgIpc) is 2.12. The highest BCUT2D eigenvalue weighted by Gasteiger charge is 2.41. The molecule has 14 heavy (non-hydrogen) atoms. The molecule has 0 radical (unpaired) electrons. The summed E-state index contributed by atoms with van der Waals surface area (Å²) in [5.74, 6) is -2.79. The molecule has 0 rings (SSSR count). The highest BCUT2D eigenvalue weighted by molar-refractivity contribution is 6.34. The van der Waals surface area contributed by atoms with Crippen LogP contribution in [0, 0.1) is 0 Å². The standard InChI is InChI=1S/C5H7F4N3O2/c6-4(7)5(8,9)1-11-2(13)3(14)12-10/h4H,1,10H2,(H,11,13)(H,12,14). The summed E-state index contributed by atoms with van der Waals surface area (Å²) in [5, 5.41) is 1.29. The van der Waals surface area contributed by atoms with Gasteiger partial charge in [0.15, 0.2) is 0 Å². The zero-order valence-electron chi connectivity index (χ0n) is 6.69. The van der Waals surface area contributed by atoms with Crippen LogP contribution >= 0.6 is 0 Å². The maximum atomic E-state index is 12.1. The van der Waals surface area contributed by atoms with Crippen LogP contribution in [-0.4, -0.2) is 30.7 Å². The molecule has 82 valence electrons. The van der Waals surface area contributed by atoms with Crippen molar-refractivity contribution in [3.05, 3.63) is 0 Å². The molecule has 0 aliphatic rings. The van der Waals surface area contributed by atoms with Crippen LogP contribution in [-0.2, 0) is 9.59 Å². The van der Waals surface area contributed by atoms with E-state index in [1.54, 1.807) is 0 Å². The lowest BCUT2D eigenvalue weighted by molar-refractivity contribution is -0.145. The minimum Gasteiger partial charge on any atom is -0.342 e. The van der Waals surface area contributed by atoms with Crippen molar-refractivity contribution >= 4 is 11.8 Å². The molecular formula is C5H7F4N3O2. The van der Waals surface area contributed by atoms with Crippen LogP contribution in [0.4, 0.5) is 17.6 Å². The number of amides is 2. The van der Waals surface area contributed by atoms with Gasteiger partial charge in [0.1, 0.15) is 0 Å². The molecule has 0 aliphatic heterocycles. The van der Waals surface area contributed by atoms with Crippen molar-refractivity contribution in [2.45, 2.75) is 12.3 Å². The minimum absolute atomic E-state index is 1.29. The Labute approximate surface area is 75.6 Å². The van der Waals surface area contributed by atoms with Crippen molar-refractivity contribution < 1.29 is 27.2 Å². The van der Waals surface area contributed by atoms with E-state index in [0.717, 1.165) is 0 Å². The van der Waals surface area contributed by atoms with Crippen molar-refractivity contribution in [2.75, 3.05) is 6.54 Å². The van der Waals surface area contributed by atoms with Crippen LogP contribution < -0.4 is 16.6 Å². The summed E-state index contributed by atoms with van der Waals surface area (Å²) in [6.07, 6.45) is -3.91. The first-order chi connectivity index (χ1) is 6.31. The van der Waals surface area contributed by atoms with E-state index in [1.807, 2.05) is 0 Å². The number of rotatable bonds is 3. The number of nitrogens with one attached hydrogen (secondary N) is 2. The van der Waals surface area contributed by atoms with Crippen molar-refractivity contribution in [2.24, 2.45) is 5.84 Å². The molecule has 0 aromatic heterocycles. The zero-order valence-corrected chi connectivity index (χ0v) is 6.69. The molecule has 0 atom stereocenters. The first kappa shape index (κ1) is 12.6. The molecule has 9 heteroatoms. The summed E-state index contributed by atoms with van der Waals surface area (Å²) in [5.41, 5.74) is 1.35. The monoisotopic (exact) mass is 217 g/mol. The topological polar surface area (TPSA) is 84.2 Å². The van der Waals surface area contributed by atoms with Crippen molar-refractivity contribution in [1.82, 2.24) is 10.7 Å². The molecule has 0 saturated carbocycles. The van der Waals surface area contributed by atoms with Crippen molar-refractivity contribution in [1.29, 1.82) is 0 Å². The van der Waals surface area contributed by atoms with Crippen LogP contribution in [0.15, 0.2) is 0 Å². The van der Waals surface area contributed by atoms with Crippen LogP contribution in [0.1, 0.15) is 0 Å². The third kappa shape index (κ3) is 3.56. The van der Waals surface area contributed by atoms with Gasteiger partial charge in [-0.3, -0.25) is 15.0 Å². The SMILES string of the molecule is NNC(=O)C(=O)NCC(F)(F)C(F)F. The highest BCUT2D eigenvalue weighted by Crippen LogP contribution is 2.21. The van der Waals surface area contributed by atoms with Crippen LogP contribution in [0.3, 0.4) is 0 Å². The second-order valence-corrected chi connectivity index (χ2v) is 2.22. The Morgan fingerprint density at radius 3 is 2.14 bits per heavy atom. The Morgan fingerprint density at radius 2 is 1.79 bits per heavy atom. The van der Waals surface area contributed by atoms with Crippen LogP contribution in [0.5, 0.6) is 0 Å². The fourth-order valence-electron chi connectivity index (χ4n) is 0.421. The Balaban J connectivity index is 4.06. The molecule has 0 unspecified atom stereocenters. The van der Waals surface area contributed by atoms with E-state index in [4.69, 9.17) is 0 Å². The number of hydrazine groups is 1. The van der Waals surface area contributed by atoms with Gasteiger partial charge in [0.25, 0.3) is 0 Å². The smallest absolute Gasteiger partial charge is 0.324 e. The van der Waals surface area contributed by atoms with Gasteiger partial charge in [0.05, 0.1) is 6.54 Å². The molecule has 0 aromatic rings. The summed E-state index contributed by atoms with van der Waals surface area (Å²) in [6.45, 7) is -1.63. The molecule has 0 aromatic carbocycles. The number of alkyl halides is 4. The summed E-state index contributed by atoms with van der Waals surface area (Å²) in [6, 6.07) is 0. The molecule has 2 amide bonds. The second kappa shape index (κ2) is 4.74. The quantitative estimate of drug-likeness (QED) is 0.186. The third-order valence-corrected chi connectivity index (χ3v) is 1.14. The van der Waals surface area contributed by atoms with E-state index in [2.05, 4.69) is 5.84 Å². The van der Waals surface area contributed by atoms with Gasteiger partial charge in [-0.05, 0) is 0 Å². The number of halogens is 4. The first-order valence-electron chi connectivity index (χ1n) is 3.26. The van der Waals surface area contributed by atoms with E-state index in [9.17, 15) is 27.2 Å². The number of nitrogens with two attached hydrogens (primary N) is 1. The third-order valence-electron chi connectivity index (χ3n) is 1.14. The number of carbonyl (C=O) groups is 2. The van der Waals surface area contributed by atoms with E-state index in [-0.39, 0.29) is 0 Å². The fourth-order valence-corrected chi connectivity index (χ4v) is 0.421. The van der Waals surface area contributed by atoms with Gasteiger partial charge in [-0.25, -0.2) is 14.6 Å². The predicted octanol–water partition coefficient (Wildman–Crippen LogP) is -1.01. The molecule has 0 spiro atoms. The van der Waals surface area contributed by atoms with Crippen molar-refractivity contribution in [3.8, 4) is 0 Å². The van der Waals surface area contributed by atoms with Gasteiger partial charge in [0.2, 0.25) is 0 Å². The molecule has 4 N–H and O–H groups in total. The highest BCUT2D eigenvalue weighted by atomic mass is 19.3. The van der Waals surface area contributed by atoms with Gasteiger partial charge in [-0.15, -0.1) is 0 Å². The van der Waals surface area contributed by atoms with Crippen molar-refractivity contribution in [3.63, 3.8) is 0 Å². The van der Waals surface area contributed by atoms with Gasteiger partial charge in [0, 0.05) is 0 Å². The lowest BCUT2D eigenvalue weighted by Crippen LogP contribution is -2.48. The summed E-state index contributed by atoms with van der Waals surface area (Å²) >= 11 is 0. The molecular weight excluding hydrogens is 210 g/mol. The van der Waals surface area contributed by atoms with E-state index < -0.39 is 30.7 Å². The van der Waals surface area contributed by atoms with Gasteiger partial charge < -0.3 is 5.32 Å². The van der Waals surface area contributed by atoms with Gasteiger partial charge in [-0.1, -0.05) is 0 Å². The zero-order chi connectivity index (χ0) is 11.4. The van der Waals surface area contributed by atoms with E-state index in [1.165, 1.54) is 10.7 Å². The molecule has 0 aliphatic carbocycles. The maximum Gasteiger partial charge on any atom is 0.324 e. The second-order valence-electron chi connectivity index (χ2n) is 2.22. The minimum atomic E-state index is -4.37. The lowest BCUT2D eigenvalue weighted by atomic mass is 10.3. The maximum absolute atomic E-state index is 12.1. The largest absolute Gasteiger partial charge is 0.342 e. The predicted molar refractivity (Wildman–Crippen MR) is 36.3 cm³/mol. The van der Waals surface area contributed by atoms with Crippen LogP contribution in [0.25, 0.3) is 0 Å². The molecule has 0 fully saturated rings. The molecule has 0 heterocycles. The fraction of sp³-hybridized carbons (Fsp3) is 0.600. The normalized spacial score (nSPS) is 11.3. The lowest BCUT2D eigenvalue weighted by Gasteiger charge is -2.14. The summed E-state index contributed by atoms with van der Waals surface area (Å²) in [7, 11) is 0. The van der Waals surface area contributed by atoms with Gasteiger partial charge >= 0.3 is 24.2 Å². The van der Waals surface area contributed by atoms with Crippen LogP contribution in [0.2, 0.25) is 0 Å². The Bertz CT molecular complexity index is 233. The molecule has 0 saturated heterocycles. The van der Waals surface area contributed by atoms with Gasteiger partial charge in [-0.2, -0.15) is 8.78 Å². The Morgan fingerprint density at radius 1 is 1.29 bits per heavy atom. The summed E-state index contributed by atoms with van der Waals surface area (Å²) in [4.78, 5) is 20.8. The summed E-state index contributed by atoms with van der Waals surface area (Å²) < 4.78 is 47.3. The molecule has 0 bridgehead atoms. The van der Waals surface area contributed by atoms with E-state index in [0.29, 0.717) is 0 Å². The first-order valence-corrected chi connectivity index (χ1v) is 3.26. The Hall–Kier alpha value is -1.38. The average molecular weight is 217 g/mol. The number of carbonyl (C=O) groups excluding carboxylic acids is 2.